The summed E-state index contributed by atoms with van der Waals surface area (Å²) in [7, 11) is 1.80. The number of likely N-dealkylation sites (tertiary alicyclic amines) is 1. The second-order valence-corrected chi connectivity index (χ2v) is 6.36. The van der Waals surface area contributed by atoms with Crippen molar-refractivity contribution in [2.45, 2.75) is 45.1 Å². The van der Waals surface area contributed by atoms with Gasteiger partial charge in [-0.3, -0.25) is 4.99 Å². The van der Waals surface area contributed by atoms with Gasteiger partial charge in [-0.25, -0.2) is 0 Å². The first kappa shape index (κ1) is 16.6. The first-order chi connectivity index (χ1) is 10.2. The van der Waals surface area contributed by atoms with Crippen molar-refractivity contribution in [1.82, 2.24) is 10.2 Å². The lowest BCUT2D eigenvalue weighted by atomic mass is 9.94. The summed E-state index contributed by atoms with van der Waals surface area (Å²) in [4.78, 5) is 7.29. The van der Waals surface area contributed by atoms with Gasteiger partial charge in [-0.15, -0.1) is 0 Å². The molecule has 0 radical (unpaired) electrons. The van der Waals surface area contributed by atoms with Gasteiger partial charge in [0.25, 0.3) is 0 Å². The van der Waals surface area contributed by atoms with Gasteiger partial charge in [0.15, 0.2) is 5.96 Å². The summed E-state index contributed by atoms with van der Waals surface area (Å²) in [5, 5.41) is 3.44. The molecule has 1 unspecified atom stereocenters. The molecule has 2 aliphatic rings. The van der Waals surface area contributed by atoms with E-state index in [9.17, 15) is 0 Å². The second kappa shape index (κ2) is 7.99. The fourth-order valence-corrected chi connectivity index (χ4v) is 3.20. The van der Waals surface area contributed by atoms with Crippen LogP contribution in [0.5, 0.6) is 0 Å². The van der Waals surface area contributed by atoms with Crippen molar-refractivity contribution >= 4 is 5.96 Å². The molecule has 122 valence electrons. The fourth-order valence-electron chi connectivity index (χ4n) is 3.20. The maximum absolute atomic E-state index is 5.78. The van der Waals surface area contributed by atoms with Crippen LogP contribution in [0.15, 0.2) is 4.99 Å². The van der Waals surface area contributed by atoms with E-state index in [0.29, 0.717) is 0 Å². The molecule has 2 rings (SSSR count). The van der Waals surface area contributed by atoms with E-state index in [2.05, 4.69) is 24.1 Å². The minimum atomic E-state index is -0.139. The van der Waals surface area contributed by atoms with E-state index in [0.717, 1.165) is 64.1 Å². The van der Waals surface area contributed by atoms with Gasteiger partial charge in [0, 0.05) is 52.8 Å². The summed E-state index contributed by atoms with van der Waals surface area (Å²) >= 11 is 0. The maximum Gasteiger partial charge on any atom is 0.194 e. The van der Waals surface area contributed by atoms with Gasteiger partial charge in [0.1, 0.15) is 0 Å². The van der Waals surface area contributed by atoms with E-state index in [1.54, 1.807) is 7.11 Å². The minimum absolute atomic E-state index is 0.139. The largest absolute Gasteiger partial charge is 0.381 e. The Bertz CT molecular complexity index is 340. The summed E-state index contributed by atoms with van der Waals surface area (Å²) in [5.41, 5.74) is -0.139. The van der Waals surface area contributed by atoms with E-state index < -0.39 is 0 Å². The van der Waals surface area contributed by atoms with Gasteiger partial charge in [0.2, 0.25) is 0 Å². The predicted octanol–water partition coefficient (Wildman–Crippen LogP) is 1.88. The van der Waals surface area contributed by atoms with Crippen molar-refractivity contribution in [1.29, 1.82) is 0 Å². The third-order valence-corrected chi connectivity index (χ3v) is 4.65. The van der Waals surface area contributed by atoms with Gasteiger partial charge in [0.05, 0.1) is 12.1 Å². The zero-order valence-electron chi connectivity index (χ0n) is 13.9. The summed E-state index contributed by atoms with van der Waals surface area (Å²) < 4.78 is 11.2. The third-order valence-electron chi connectivity index (χ3n) is 4.65. The van der Waals surface area contributed by atoms with Crippen LogP contribution in [0.2, 0.25) is 0 Å². The molecule has 0 aromatic rings. The summed E-state index contributed by atoms with van der Waals surface area (Å²) in [6, 6.07) is 0. The van der Waals surface area contributed by atoms with Crippen LogP contribution in [0.25, 0.3) is 0 Å². The summed E-state index contributed by atoms with van der Waals surface area (Å²) in [5.74, 6) is 1.80. The number of nitrogens with one attached hydrogen (secondary N) is 1. The number of hydrogen-bond acceptors (Lipinski definition) is 3. The van der Waals surface area contributed by atoms with E-state index in [1.807, 2.05) is 0 Å². The Labute approximate surface area is 129 Å². The van der Waals surface area contributed by atoms with E-state index >= 15 is 0 Å². The zero-order valence-corrected chi connectivity index (χ0v) is 13.9. The quantitative estimate of drug-likeness (QED) is 0.636. The fraction of sp³-hybridized carbons (Fsp3) is 0.938. The van der Waals surface area contributed by atoms with Crippen LogP contribution >= 0.6 is 0 Å². The first-order valence-corrected chi connectivity index (χ1v) is 8.35. The van der Waals surface area contributed by atoms with Crippen LogP contribution in [-0.2, 0) is 9.47 Å². The average molecular weight is 297 g/mol. The topological polar surface area (TPSA) is 46.1 Å². The van der Waals surface area contributed by atoms with Crippen molar-refractivity contribution in [2.75, 3.05) is 46.5 Å². The number of rotatable bonds is 4. The van der Waals surface area contributed by atoms with Gasteiger partial charge >= 0.3 is 0 Å². The van der Waals surface area contributed by atoms with Crippen LogP contribution < -0.4 is 5.32 Å². The number of piperidine rings is 1. The molecular formula is C16H31N3O2. The number of methoxy groups -OCH3 is 1. The molecule has 0 saturated carbocycles. The van der Waals surface area contributed by atoms with E-state index in [4.69, 9.17) is 14.5 Å². The van der Waals surface area contributed by atoms with Gasteiger partial charge < -0.3 is 19.7 Å². The SMILES string of the molecule is CCNC(=NCC1(OC)CCOCC1)N1CCCC(C)C1. The second-order valence-electron chi connectivity index (χ2n) is 6.36. The van der Waals surface area contributed by atoms with E-state index in [-0.39, 0.29) is 5.60 Å². The molecule has 0 aromatic carbocycles. The summed E-state index contributed by atoms with van der Waals surface area (Å²) in [6.07, 6.45) is 4.45. The highest BCUT2D eigenvalue weighted by atomic mass is 16.5. The van der Waals surface area contributed by atoms with Crippen molar-refractivity contribution < 1.29 is 9.47 Å². The summed E-state index contributed by atoms with van der Waals surface area (Å²) in [6.45, 7) is 9.86. The van der Waals surface area contributed by atoms with Crippen LogP contribution in [0.1, 0.15) is 39.5 Å². The molecule has 2 aliphatic heterocycles. The highest BCUT2D eigenvalue weighted by Gasteiger charge is 2.32. The van der Waals surface area contributed by atoms with Crippen LogP contribution in [-0.4, -0.2) is 63.0 Å². The van der Waals surface area contributed by atoms with Crippen molar-refractivity contribution in [3.63, 3.8) is 0 Å². The Morgan fingerprint density at radius 2 is 2.19 bits per heavy atom. The maximum atomic E-state index is 5.78. The molecular weight excluding hydrogens is 266 g/mol. The standard InChI is InChI=1S/C16H31N3O2/c1-4-17-15(19-9-5-6-14(2)12-19)18-13-16(20-3)7-10-21-11-8-16/h14H,4-13H2,1-3H3,(H,17,18). The van der Waals surface area contributed by atoms with Crippen molar-refractivity contribution in [3.8, 4) is 0 Å². The molecule has 0 aromatic heterocycles. The molecule has 21 heavy (non-hydrogen) atoms. The molecule has 1 N–H and O–H groups in total. The smallest absolute Gasteiger partial charge is 0.194 e. The lowest BCUT2D eigenvalue weighted by molar-refractivity contribution is -0.0829. The average Bonchev–Trinajstić information content (AvgIpc) is 2.52. The monoisotopic (exact) mass is 297 g/mol. The van der Waals surface area contributed by atoms with Crippen LogP contribution in [0.3, 0.4) is 0 Å². The van der Waals surface area contributed by atoms with Crippen LogP contribution in [0, 0.1) is 5.92 Å². The molecule has 2 saturated heterocycles. The Morgan fingerprint density at radius 3 is 2.81 bits per heavy atom. The van der Waals surface area contributed by atoms with Gasteiger partial charge in [-0.05, 0) is 25.7 Å². The first-order valence-electron chi connectivity index (χ1n) is 8.35. The molecule has 0 amide bonds. The number of aliphatic imine (C=N–C) groups is 1. The Morgan fingerprint density at radius 1 is 1.43 bits per heavy atom. The molecule has 5 nitrogen and oxygen atoms in total. The molecule has 2 heterocycles. The Kier molecular flexibility index (Phi) is 6.30. The third kappa shape index (κ3) is 4.58. The lowest BCUT2D eigenvalue weighted by Crippen LogP contribution is -2.48. The van der Waals surface area contributed by atoms with E-state index in [1.165, 1.54) is 12.8 Å². The number of ether oxygens (including phenoxy) is 2. The zero-order chi connectivity index (χ0) is 15.1. The molecule has 2 fully saturated rings. The van der Waals surface area contributed by atoms with Crippen LogP contribution in [0.4, 0.5) is 0 Å². The number of nitrogens with zero attached hydrogens (tertiary/aromatic N) is 2. The highest BCUT2D eigenvalue weighted by molar-refractivity contribution is 5.80. The Hall–Kier alpha value is -0.810. The predicted molar refractivity (Wildman–Crippen MR) is 85.7 cm³/mol. The van der Waals surface area contributed by atoms with Crippen molar-refractivity contribution in [3.05, 3.63) is 0 Å². The Balaban J connectivity index is 2.02. The minimum Gasteiger partial charge on any atom is -0.381 e. The van der Waals surface area contributed by atoms with Gasteiger partial charge in [-0.1, -0.05) is 6.92 Å². The molecule has 0 spiro atoms. The molecule has 0 bridgehead atoms. The lowest BCUT2D eigenvalue weighted by Gasteiger charge is -2.36. The molecule has 1 atom stereocenters. The molecule has 5 heteroatoms. The number of guanidine groups is 1. The van der Waals surface area contributed by atoms with Crippen molar-refractivity contribution in [2.24, 2.45) is 10.9 Å². The normalized spacial score (nSPS) is 26.7. The van der Waals surface area contributed by atoms with Gasteiger partial charge in [-0.2, -0.15) is 0 Å². The molecule has 0 aliphatic carbocycles. The number of hydrogen-bond donors (Lipinski definition) is 1. The highest BCUT2D eigenvalue weighted by Crippen LogP contribution is 2.25.